The minimum absolute atomic E-state index is 0.481. The van der Waals surface area contributed by atoms with Crippen LogP contribution in [-0.4, -0.2) is 71.3 Å². The summed E-state index contributed by atoms with van der Waals surface area (Å²) in [6.07, 6.45) is 1.97. The number of fused-ring (bicyclic) bond motifs is 1. The van der Waals surface area contributed by atoms with Crippen molar-refractivity contribution < 1.29 is 0 Å². The molecule has 0 spiro atoms. The molecule has 2 N–H and O–H groups in total. The van der Waals surface area contributed by atoms with Gasteiger partial charge in [-0.3, -0.25) is 9.30 Å². The summed E-state index contributed by atoms with van der Waals surface area (Å²) in [5.74, 6) is 1.65. The average Bonchev–Trinajstić information content (AvgIpc) is 3.23. The highest BCUT2D eigenvalue weighted by atomic mass is 15.3. The number of benzene rings is 1. The van der Waals surface area contributed by atoms with E-state index in [4.69, 9.17) is 4.99 Å². The Bertz CT molecular complexity index is 1050. The fourth-order valence-electron chi connectivity index (χ4n) is 4.11. The van der Waals surface area contributed by atoms with Crippen LogP contribution < -0.4 is 15.5 Å². The summed E-state index contributed by atoms with van der Waals surface area (Å²) >= 11 is 0. The van der Waals surface area contributed by atoms with Crippen LogP contribution in [0.15, 0.2) is 47.6 Å². The van der Waals surface area contributed by atoms with Crippen molar-refractivity contribution in [1.82, 2.24) is 30.1 Å². The minimum Gasteiger partial charge on any atom is -0.369 e. The van der Waals surface area contributed by atoms with Crippen molar-refractivity contribution in [2.24, 2.45) is 4.99 Å². The van der Waals surface area contributed by atoms with E-state index in [0.717, 1.165) is 63.2 Å². The Balaban J connectivity index is 1.26. The van der Waals surface area contributed by atoms with Crippen molar-refractivity contribution in [2.45, 2.75) is 27.3 Å². The summed E-state index contributed by atoms with van der Waals surface area (Å²) in [5, 5.41) is 15.2. The van der Waals surface area contributed by atoms with Crippen LogP contribution in [0.25, 0.3) is 5.65 Å². The molecule has 0 amide bonds. The van der Waals surface area contributed by atoms with Gasteiger partial charge in [0.2, 0.25) is 0 Å². The topological polar surface area (TPSA) is 73.1 Å². The van der Waals surface area contributed by atoms with Gasteiger partial charge in [0.05, 0.1) is 0 Å². The first-order chi connectivity index (χ1) is 15.7. The van der Waals surface area contributed by atoms with Crippen molar-refractivity contribution in [2.75, 3.05) is 50.7 Å². The monoisotopic (exact) mass is 434 g/mol. The number of hydrogen-bond donors (Lipinski definition) is 2. The van der Waals surface area contributed by atoms with Gasteiger partial charge in [-0.1, -0.05) is 18.2 Å². The second kappa shape index (κ2) is 10.5. The Kier molecular flexibility index (Phi) is 7.21. The molecule has 0 atom stereocenters. The fraction of sp³-hybridized carbons (Fsp3) is 0.458. The quantitative estimate of drug-likeness (QED) is 0.439. The fourth-order valence-corrected chi connectivity index (χ4v) is 4.11. The molecule has 0 aliphatic carbocycles. The largest absolute Gasteiger partial charge is 0.369 e. The van der Waals surface area contributed by atoms with E-state index >= 15 is 0 Å². The van der Waals surface area contributed by atoms with Crippen LogP contribution in [-0.2, 0) is 6.54 Å². The maximum atomic E-state index is 4.70. The van der Waals surface area contributed by atoms with E-state index in [9.17, 15) is 0 Å². The van der Waals surface area contributed by atoms with Crippen LogP contribution in [0.3, 0.4) is 0 Å². The minimum atomic E-state index is 0.481. The first kappa shape index (κ1) is 22.1. The van der Waals surface area contributed by atoms with Gasteiger partial charge in [0.25, 0.3) is 0 Å². The van der Waals surface area contributed by atoms with E-state index in [1.165, 1.54) is 16.8 Å². The molecule has 1 aliphatic heterocycles. The third-order valence-corrected chi connectivity index (χ3v) is 6.12. The Morgan fingerprint density at radius 2 is 1.84 bits per heavy atom. The Morgan fingerprint density at radius 1 is 1.00 bits per heavy atom. The first-order valence-corrected chi connectivity index (χ1v) is 11.5. The second-order valence-corrected chi connectivity index (χ2v) is 8.21. The molecule has 0 saturated carbocycles. The molecule has 0 radical (unpaired) electrons. The molecule has 170 valence electrons. The van der Waals surface area contributed by atoms with Gasteiger partial charge < -0.3 is 15.5 Å². The number of nitrogens with one attached hydrogen (secondary N) is 2. The molecule has 4 rings (SSSR count). The number of aryl methyl sites for hydroxylation is 1. The number of hydrogen-bond acceptors (Lipinski definition) is 5. The molecule has 2 aromatic heterocycles. The van der Waals surface area contributed by atoms with E-state index in [1.54, 1.807) is 0 Å². The van der Waals surface area contributed by atoms with Crippen LogP contribution >= 0.6 is 0 Å². The van der Waals surface area contributed by atoms with Crippen LogP contribution in [0.4, 0.5) is 5.69 Å². The van der Waals surface area contributed by atoms with Gasteiger partial charge >= 0.3 is 0 Å². The zero-order valence-corrected chi connectivity index (χ0v) is 19.4. The van der Waals surface area contributed by atoms with Crippen molar-refractivity contribution in [3.05, 3.63) is 59.5 Å². The van der Waals surface area contributed by atoms with Gasteiger partial charge in [-0.05, 0) is 50.1 Å². The predicted octanol–water partition coefficient (Wildman–Crippen LogP) is 2.22. The van der Waals surface area contributed by atoms with Crippen molar-refractivity contribution in [3.63, 3.8) is 0 Å². The lowest BCUT2D eigenvalue weighted by Crippen LogP contribution is -2.49. The highest BCUT2D eigenvalue weighted by Crippen LogP contribution is 2.23. The summed E-state index contributed by atoms with van der Waals surface area (Å²) in [6, 6.07) is 12.5. The van der Waals surface area contributed by atoms with Gasteiger partial charge in [0, 0.05) is 57.7 Å². The SMILES string of the molecule is CCNC(=NCc1nnc2ccccn12)NCCN1CCN(c2cccc(C)c2C)CC1. The number of aliphatic imine (C=N–C) groups is 1. The molecule has 3 heterocycles. The third kappa shape index (κ3) is 5.19. The van der Waals surface area contributed by atoms with Crippen LogP contribution in [0, 0.1) is 13.8 Å². The molecule has 0 bridgehead atoms. The maximum absolute atomic E-state index is 4.70. The van der Waals surface area contributed by atoms with Crippen LogP contribution in [0.1, 0.15) is 23.9 Å². The molecule has 32 heavy (non-hydrogen) atoms. The van der Waals surface area contributed by atoms with Crippen molar-refractivity contribution >= 4 is 17.3 Å². The lowest BCUT2D eigenvalue weighted by molar-refractivity contribution is 0.261. The summed E-state index contributed by atoms with van der Waals surface area (Å²) < 4.78 is 1.97. The predicted molar refractivity (Wildman–Crippen MR) is 130 cm³/mol. The van der Waals surface area contributed by atoms with Gasteiger partial charge in [-0.15, -0.1) is 10.2 Å². The number of pyridine rings is 1. The number of aromatic nitrogens is 3. The normalized spacial score (nSPS) is 15.3. The lowest BCUT2D eigenvalue weighted by atomic mass is 10.1. The molecule has 1 aromatic carbocycles. The molecule has 8 heteroatoms. The summed E-state index contributed by atoms with van der Waals surface area (Å²) in [6.45, 7) is 13.9. The van der Waals surface area contributed by atoms with E-state index in [-0.39, 0.29) is 0 Å². The Labute approximate surface area is 190 Å². The molecule has 0 unspecified atom stereocenters. The lowest BCUT2D eigenvalue weighted by Gasteiger charge is -2.37. The number of nitrogens with zero attached hydrogens (tertiary/aromatic N) is 6. The molecular weight excluding hydrogens is 400 g/mol. The molecule has 1 saturated heterocycles. The van der Waals surface area contributed by atoms with E-state index in [1.807, 2.05) is 28.8 Å². The molecule has 8 nitrogen and oxygen atoms in total. The number of guanidine groups is 1. The highest BCUT2D eigenvalue weighted by Gasteiger charge is 2.18. The highest BCUT2D eigenvalue weighted by molar-refractivity contribution is 5.79. The first-order valence-electron chi connectivity index (χ1n) is 11.5. The molecule has 1 aliphatic rings. The summed E-state index contributed by atoms with van der Waals surface area (Å²) in [7, 11) is 0. The van der Waals surface area contributed by atoms with Gasteiger partial charge in [0.15, 0.2) is 17.4 Å². The third-order valence-electron chi connectivity index (χ3n) is 6.12. The van der Waals surface area contributed by atoms with Gasteiger partial charge in [0.1, 0.15) is 6.54 Å². The summed E-state index contributed by atoms with van der Waals surface area (Å²) in [4.78, 5) is 9.74. The van der Waals surface area contributed by atoms with E-state index in [0.29, 0.717) is 6.54 Å². The Morgan fingerprint density at radius 3 is 2.66 bits per heavy atom. The van der Waals surface area contributed by atoms with E-state index in [2.05, 4.69) is 69.6 Å². The van der Waals surface area contributed by atoms with Crippen LogP contribution in [0.5, 0.6) is 0 Å². The average molecular weight is 435 g/mol. The second-order valence-electron chi connectivity index (χ2n) is 8.21. The maximum Gasteiger partial charge on any atom is 0.191 e. The molecule has 3 aromatic rings. The smallest absolute Gasteiger partial charge is 0.191 e. The van der Waals surface area contributed by atoms with Crippen LogP contribution in [0.2, 0.25) is 0 Å². The van der Waals surface area contributed by atoms with Gasteiger partial charge in [-0.25, -0.2) is 4.99 Å². The number of anilines is 1. The van der Waals surface area contributed by atoms with Crippen molar-refractivity contribution in [1.29, 1.82) is 0 Å². The number of piperazine rings is 1. The zero-order chi connectivity index (χ0) is 22.3. The number of rotatable bonds is 7. The van der Waals surface area contributed by atoms with Crippen molar-refractivity contribution in [3.8, 4) is 0 Å². The molecule has 1 fully saturated rings. The van der Waals surface area contributed by atoms with E-state index < -0.39 is 0 Å². The zero-order valence-electron chi connectivity index (χ0n) is 19.4. The molecular formula is C24H34N8. The Hall–Kier alpha value is -3.13. The van der Waals surface area contributed by atoms with Gasteiger partial charge in [-0.2, -0.15) is 0 Å². The standard InChI is InChI=1S/C24H34N8/c1-4-25-24(27-18-23-29-28-22-10-5-6-12-32(22)23)26-11-13-30-14-16-31(17-15-30)21-9-7-8-19(2)20(21)3/h5-10,12H,4,11,13-18H2,1-3H3,(H2,25,26,27). The summed E-state index contributed by atoms with van der Waals surface area (Å²) in [5.41, 5.74) is 4.99.